The summed E-state index contributed by atoms with van der Waals surface area (Å²) in [5, 5.41) is 0. The zero-order valence-corrected chi connectivity index (χ0v) is 10.4. The molecule has 4 heteroatoms. The van der Waals surface area contributed by atoms with Gasteiger partial charge in [-0.25, -0.2) is 0 Å². The van der Waals surface area contributed by atoms with E-state index in [0.29, 0.717) is 0 Å². The minimum Gasteiger partial charge on any atom is -0.399 e. The highest BCUT2D eigenvalue weighted by Gasteiger charge is 2.53. The molecule has 16 heavy (non-hydrogen) atoms. The molecule has 0 N–H and O–H groups in total. The van der Waals surface area contributed by atoms with Crippen LogP contribution < -0.4 is 5.46 Å². The Kier molecular flexibility index (Phi) is 2.80. The van der Waals surface area contributed by atoms with E-state index in [1.165, 1.54) is 0 Å². The topological polar surface area (TPSA) is 31.4 Å². The van der Waals surface area contributed by atoms with Crippen molar-refractivity contribution < 1.29 is 9.31 Å². The van der Waals surface area contributed by atoms with Crippen LogP contribution in [0.2, 0.25) is 0 Å². The molecule has 1 atom stereocenters. The Morgan fingerprint density at radius 2 is 1.81 bits per heavy atom. The molecule has 2 heterocycles. The van der Waals surface area contributed by atoms with Crippen LogP contribution in [-0.4, -0.2) is 23.3 Å². The highest BCUT2D eigenvalue weighted by molar-refractivity contribution is 6.62. The van der Waals surface area contributed by atoms with Crippen LogP contribution in [0.1, 0.15) is 34.1 Å². The van der Waals surface area contributed by atoms with E-state index in [2.05, 4.69) is 32.7 Å². The lowest BCUT2D eigenvalue weighted by atomic mass is 9.80. The van der Waals surface area contributed by atoms with E-state index >= 15 is 0 Å². The highest BCUT2D eigenvalue weighted by Crippen LogP contribution is 2.39. The predicted molar refractivity (Wildman–Crippen MR) is 64.6 cm³/mol. The number of hydrogen-bond donors (Lipinski definition) is 0. The van der Waals surface area contributed by atoms with Gasteiger partial charge in [-0.2, -0.15) is 0 Å². The summed E-state index contributed by atoms with van der Waals surface area (Å²) in [4.78, 5) is 4.00. The van der Waals surface area contributed by atoms with E-state index < -0.39 is 0 Å². The summed E-state index contributed by atoms with van der Waals surface area (Å²) in [5.74, 6) is 0. The van der Waals surface area contributed by atoms with E-state index in [1.54, 1.807) is 12.4 Å². The van der Waals surface area contributed by atoms with Gasteiger partial charge in [-0.15, -0.1) is 0 Å². The molecule has 1 aromatic heterocycles. The first kappa shape index (κ1) is 11.6. The van der Waals surface area contributed by atoms with E-state index in [0.717, 1.165) is 11.9 Å². The van der Waals surface area contributed by atoms with Crippen LogP contribution in [0.4, 0.5) is 0 Å². The summed E-state index contributed by atoms with van der Waals surface area (Å²) in [7, 11) is -0.275. The Labute approximate surface area is 97.3 Å². The summed E-state index contributed by atoms with van der Waals surface area (Å²) in [6, 6.07) is 3.87. The van der Waals surface area contributed by atoms with Gasteiger partial charge in [0.2, 0.25) is 0 Å². The zero-order chi connectivity index (χ0) is 11.8. The molecule has 0 bridgehead atoms. The summed E-state index contributed by atoms with van der Waals surface area (Å²) in [6.07, 6.45) is 4.45. The number of nitrogens with zero attached hydrogens (tertiary/aromatic N) is 1. The van der Waals surface area contributed by atoms with Gasteiger partial charge in [0, 0.05) is 12.4 Å². The molecule has 1 aliphatic heterocycles. The zero-order valence-electron chi connectivity index (χ0n) is 10.4. The van der Waals surface area contributed by atoms with Crippen LogP contribution in [0.25, 0.3) is 0 Å². The molecule has 0 spiro atoms. The van der Waals surface area contributed by atoms with E-state index in [9.17, 15) is 0 Å². The molecular formula is C12H18BNO2. The van der Waals surface area contributed by atoms with Crippen LogP contribution in [0.5, 0.6) is 0 Å². The number of aromatic nitrogens is 1. The summed E-state index contributed by atoms with van der Waals surface area (Å²) < 4.78 is 12.0. The summed E-state index contributed by atoms with van der Waals surface area (Å²) in [5.41, 5.74) is 0.525. The minimum absolute atomic E-state index is 0.235. The molecule has 1 aromatic rings. The Balaban J connectivity index is 2.25. The molecule has 3 nitrogen and oxygen atoms in total. The largest absolute Gasteiger partial charge is 0.494 e. The monoisotopic (exact) mass is 219 g/mol. The quantitative estimate of drug-likeness (QED) is 0.710. The fourth-order valence-corrected chi connectivity index (χ4v) is 1.96. The minimum atomic E-state index is -0.275. The molecule has 0 aliphatic carbocycles. The van der Waals surface area contributed by atoms with Crippen molar-refractivity contribution in [2.75, 3.05) is 0 Å². The fourth-order valence-electron chi connectivity index (χ4n) is 1.96. The lowest BCUT2D eigenvalue weighted by Gasteiger charge is -2.35. The predicted octanol–water partition coefficient (Wildman–Crippen LogP) is 1.77. The smallest absolute Gasteiger partial charge is 0.399 e. The normalized spacial score (nSPS) is 28.4. The number of rotatable bonds is 2. The third-order valence-corrected chi connectivity index (χ3v) is 3.70. The molecular weight excluding hydrogens is 201 g/mol. The van der Waals surface area contributed by atoms with E-state index in [4.69, 9.17) is 9.31 Å². The van der Waals surface area contributed by atoms with Gasteiger partial charge in [0.05, 0.1) is 11.2 Å². The van der Waals surface area contributed by atoms with Gasteiger partial charge in [0.1, 0.15) is 0 Å². The molecule has 0 aromatic carbocycles. The first-order chi connectivity index (χ1) is 7.48. The Hall–Kier alpha value is -0.865. The Bertz CT molecular complexity index is 369. The van der Waals surface area contributed by atoms with Crippen LogP contribution >= 0.6 is 0 Å². The Morgan fingerprint density at radius 1 is 1.19 bits per heavy atom. The molecule has 0 radical (unpaired) electrons. The van der Waals surface area contributed by atoms with Gasteiger partial charge in [-0.1, -0.05) is 6.92 Å². The van der Waals surface area contributed by atoms with Crippen molar-refractivity contribution in [1.82, 2.24) is 4.98 Å². The molecule has 1 unspecified atom stereocenters. The third-order valence-electron chi connectivity index (χ3n) is 3.70. The van der Waals surface area contributed by atoms with Gasteiger partial charge in [0.25, 0.3) is 0 Å². The van der Waals surface area contributed by atoms with Gasteiger partial charge in [0.15, 0.2) is 0 Å². The molecule has 0 saturated carbocycles. The molecule has 1 saturated heterocycles. The second kappa shape index (κ2) is 3.86. The molecule has 1 aliphatic rings. The van der Waals surface area contributed by atoms with Crippen LogP contribution in [0, 0.1) is 0 Å². The van der Waals surface area contributed by atoms with Gasteiger partial charge >= 0.3 is 7.12 Å². The van der Waals surface area contributed by atoms with Crippen molar-refractivity contribution in [2.24, 2.45) is 0 Å². The van der Waals surface area contributed by atoms with Crippen molar-refractivity contribution >= 4 is 12.6 Å². The van der Waals surface area contributed by atoms with Crippen LogP contribution in [0.3, 0.4) is 0 Å². The molecule has 86 valence electrons. The fraction of sp³-hybridized carbons (Fsp3) is 0.583. The first-order valence-electron chi connectivity index (χ1n) is 5.74. The van der Waals surface area contributed by atoms with E-state index in [-0.39, 0.29) is 18.3 Å². The first-order valence-corrected chi connectivity index (χ1v) is 5.74. The van der Waals surface area contributed by atoms with Crippen LogP contribution in [0.15, 0.2) is 24.5 Å². The Morgan fingerprint density at radius 3 is 2.31 bits per heavy atom. The molecule has 2 rings (SSSR count). The molecule has 0 amide bonds. The lowest BCUT2D eigenvalue weighted by Crippen LogP contribution is -2.44. The summed E-state index contributed by atoms with van der Waals surface area (Å²) in [6.45, 7) is 8.39. The standard InChI is InChI=1S/C12H18BNO2/c1-5-12(4)11(2,3)15-13(16-12)10-6-8-14-9-7-10/h6-9H,5H2,1-4H3. The van der Waals surface area contributed by atoms with Crippen molar-refractivity contribution in [2.45, 2.75) is 45.3 Å². The number of pyridine rings is 1. The van der Waals surface area contributed by atoms with Crippen LogP contribution in [-0.2, 0) is 9.31 Å². The van der Waals surface area contributed by atoms with Crippen molar-refractivity contribution in [3.63, 3.8) is 0 Å². The maximum atomic E-state index is 6.05. The third kappa shape index (κ3) is 1.76. The lowest BCUT2D eigenvalue weighted by molar-refractivity contribution is -0.0118. The van der Waals surface area contributed by atoms with E-state index in [1.807, 2.05) is 12.1 Å². The SMILES string of the molecule is CCC1(C)OB(c2ccncc2)OC1(C)C. The maximum Gasteiger partial charge on any atom is 0.494 e. The van der Waals surface area contributed by atoms with Gasteiger partial charge in [-0.3, -0.25) is 4.98 Å². The second-order valence-corrected chi connectivity index (χ2v) is 4.94. The van der Waals surface area contributed by atoms with Crippen molar-refractivity contribution in [3.05, 3.63) is 24.5 Å². The average Bonchev–Trinajstić information content (AvgIpc) is 2.52. The highest BCUT2D eigenvalue weighted by atomic mass is 16.7. The average molecular weight is 219 g/mol. The van der Waals surface area contributed by atoms with Gasteiger partial charge in [-0.05, 0) is 44.8 Å². The summed E-state index contributed by atoms with van der Waals surface area (Å²) >= 11 is 0. The molecule has 1 fully saturated rings. The number of hydrogen-bond acceptors (Lipinski definition) is 3. The maximum absolute atomic E-state index is 6.05. The van der Waals surface area contributed by atoms with Crippen molar-refractivity contribution in [3.8, 4) is 0 Å². The van der Waals surface area contributed by atoms with Crippen molar-refractivity contribution in [1.29, 1.82) is 0 Å². The second-order valence-electron chi connectivity index (χ2n) is 4.94. The van der Waals surface area contributed by atoms with Gasteiger partial charge < -0.3 is 9.31 Å².